The number of nitrogens with zero attached hydrogens (tertiary/aromatic N) is 4. The number of para-hydroxylation sites is 1. The van der Waals surface area contributed by atoms with Crippen LogP contribution in [0.5, 0.6) is 0 Å². The van der Waals surface area contributed by atoms with Gasteiger partial charge in [0.1, 0.15) is 5.82 Å². The van der Waals surface area contributed by atoms with Crippen LogP contribution in [-0.4, -0.2) is 33.8 Å². The molecule has 0 unspecified atom stereocenters. The van der Waals surface area contributed by atoms with Crippen molar-refractivity contribution in [1.82, 2.24) is 20.1 Å². The largest absolute Gasteiger partial charge is 0.357 e. The number of carbonyl (C=O) groups excluding carboxylic acids is 1. The summed E-state index contributed by atoms with van der Waals surface area (Å²) in [7, 11) is 0. The fourth-order valence-electron chi connectivity index (χ4n) is 3.28. The first-order chi connectivity index (χ1) is 13.3. The van der Waals surface area contributed by atoms with E-state index in [1.165, 1.54) is 12.8 Å². The first-order valence-electron chi connectivity index (χ1n) is 9.33. The highest BCUT2D eigenvalue weighted by Crippen LogP contribution is 2.17. The molecule has 27 heavy (non-hydrogen) atoms. The van der Waals surface area contributed by atoms with E-state index in [4.69, 9.17) is 0 Å². The molecule has 0 saturated carbocycles. The molecule has 3 aromatic rings. The minimum Gasteiger partial charge on any atom is -0.357 e. The van der Waals surface area contributed by atoms with Crippen LogP contribution >= 0.6 is 0 Å². The van der Waals surface area contributed by atoms with E-state index in [0.29, 0.717) is 13.0 Å². The summed E-state index contributed by atoms with van der Waals surface area (Å²) in [6.45, 7) is 2.65. The fraction of sp³-hybridized carbons (Fsp3) is 0.286. The average Bonchev–Trinajstić information content (AvgIpc) is 3.40. The predicted molar refractivity (Wildman–Crippen MR) is 105 cm³/mol. The monoisotopic (exact) mass is 361 g/mol. The molecule has 1 amide bonds. The lowest BCUT2D eigenvalue weighted by atomic mass is 10.2. The standard InChI is InChI=1S/C21H23N5O/c27-21(12-18-15-24-26(16-18)19-6-2-1-3-7-19)23-14-17-8-9-20(22-13-17)25-10-4-5-11-25/h1-3,6-9,13,15-16H,4-5,10-12,14H2,(H,23,27). The summed E-state index contributed by atoms with van der Waals surface area (Å²) in [4.78, 5) is 19.1. The third-order valence-electron chi connectivity index (χ3n) is 4.75. The van der Waals surface area contributed by atoms with Gasteiger partial charge in [0.05, 0.1) is 18.3 Å². The molecular formula is C21H23N5O. The van der Waals surface area contributed by atoms with Gasteiger partial charge in [-0.05, 0) is 42.2 Å². The Hall–Kier alpha value is -3.15. The molecule has 0 atom stereocenters. The summed E-state index contributed by atoms with van der Waals surface area (Å²) < 4.78 is 1.78. The Morgan fingerprint density at radius 2 is 1.81 bits per heavy atom. The molecule has 138 valence electrons. The Morgan fingerprint density at radius 3 is 2.56 bits per heavy atom. The lowest BCUT2D eigenvalue weighted by Gasteiger charge is -2.16. The number of nitrogens with one attached hydrogen (secondary N) is 1. The summed E-state index contributed by atoms with van der Waals surface area (Å²) in [5.74, 6) is 1.00. The Kier molecular flexibility index (Phi) is 5.14. The van der Waals surface area contributed by atoms with Gasteiger partial charge in [0.25, 0.3) is 0 Å². The van der Waals surface area contributed by atoms with Crippen molar-refractivity contribution in [3.8, 4) is 5.69 Å². The Morgan fingerprint density at radius 1 is 1.00 bits per heavy atom. The van der Waals surface area contributed by atoms with Gasteiger partial charge in [0, 0.05) is 32.0 Å². The van der Waals surface area contributed by atoms with E-state index in [1.54, 1.807) is 10.9 Å². The van der Waals surface area contributed by atoms with Crippen molar-refractivity contribution in [2.45, 2.75) is 25.8 Å². The van der Waals surface area contributed by atoms with Crippen molar-refractivity contribution in [1.29, 1.82) is 0 Å². The maximum Gasteiger partial charge on any atom is 0.224 e. The normalized spacial score (nSPS) is 13.7. The maximum absolute atomic E-state index is 12.2. The van der Waals surface area contributed by atoms with Crippen LogP contribution in [0, 0.1) is 0 Å². The quantitative estimate of drug-likeness (QED) is 0.733. The van der Waals surface area contributed by atoms with E-state index in [1.807, 2.05) is 54.9 Å². The molecule has 1 aliphatic rings. The van der Waals surface area contributed by atoms with Crippen LogP contribution in [0.1, 0.15) is 24.0 Å². The number of pyridine rings is 1. The van der Waals surface area contributed by atoms with Crippen molar-refractivity contribution in [3.05, 3.63) is 72.2 Å². The number of carbonyl (C=O) groups is 1. The van der Waals surface area contributed by atoms with Crippen LogP contribution in [0.15, 0.2) is 61.1 Å². The minimum absolute atomic E-state index is 0.0220. The van der Waals surface area contributed by atoms with Crippen molar-refractivity contribution in [3.63, 3.8) is 0 Å². The van der Waals surface area contributed by atoms with Gasteiger partial charge in [0.15, 0.2) is 0 Å². The Balaban J connectivity index is 1.29. The van der Waals surface area contributed by atoms with E-state index in [2.05, 4.69) is 20.3 Å². The van der Waals surface area contributed by atoms with Crippen LogP contribution in [0.2, 0.25) is 0 Å². The second kappa shape index (κ2) is 8.03. The summed E-state index contributed by atoms with van der Waals surface area (Å²) in [5, 5.41) is 7.28. The molecule has 0 radical (unpaired) electrons. The SMILES string of the molecule is O=C(Cc1cnn(-c2ccccc2)c1)NCc1ccc(N2CCCC2)nc1. The zero-order valence-corrected chi connectivity index (χ0v) is 15.2. The lowest BCUT2D eigenvalue weighted by Crippen LogP contribution is -2.24. The van der Waals surface area contributed by atoms with Gasteiger partial charge < -0.3 is 10.2 Å². The second-order valence-corrected chi connectivity index (χ2v) is 6.80. The number of amides is 1. The van der Waals surface area contributed by atoms with Gasteiger partial charge in [0.2, 0.25) is 5.91 Å². The number of anilines is 1. The molecule has 1 N–H and O–H groups in total. The molecule has 4 rings (SSSR count). The summed E-state index contributed by atoms with van der Waals surface area (Å²) in [6.07, 6.45) is 8.26. The van der Waals surface area contributed by atoms with Crippen LogP contribution in [-0.2, 0) is 17.8 Å². The number of aromatic nitrogens is 3. The third-order valence-corrected chi connectivity index (χ3v) is 4.75. The summed E-state index contributed by atoms with van der Waals surface area (Å²) in [6, 6.07) is 13.9. The molecule has 0 bridgehead atoms. The Labute approximate surface area is 158 Å². The topological polar surface area (TPSA) is 63.1 Å². The van der Waals surface area contributed by atoms with Crippen molar-refractivity contribution < 1.29 is 4.79 Å². The van der Waals surface area contributed by atoms with E-state index in [-0.39, 0.29) is 5.91 Å². The zero-order chi connectivity index (χ0) is 18.5. The van der Waals surface area contributed by atoms with E-state index in [0.717, 1.165) is 35.7 Å². The smallest absolute Gasteiger partial charge is 0.224 e. The van der Waals surface area contributed by atoms with Gasteiger partial charge in [-0.2, -0.15) is 5.10 Å². The summed E-state index contributed by atoms with van der Waals surface area (Å²) >= 11 is 0. The van der Waals surface area contributed by atoms with Gasteiger partial charge >= 0.3 is 0 Å². The second-order valence-electron chi connectivity index (χ2n) is 6.80. The van der Waals surface area contributed by atoms with E-state index in [9.17, 15) is 4.79 Å². The lowest BCUT2D eigenvalue weighted by molar-refractivity contribution is -0.120. The molecule has 6 nitrogen and oxygen atoms in total. The number of hydrogen-bond acceptors (Lipinski definition) is 4. The predicted octanol–water partition coefficient (Wildman–Crippen LogP) is 2.73. The van der Waals surface area contributed by atoms with Gasteiger partial charge in [-0.25, -0.2) is 9.67 Å². The van der Waals surface area contributed by atoms with Crippen LogP contribution in [0.3, 0.4) is 0 Å². The molecular weight excluding hydrogens is 338 g/mol. The number of hydrogen-bond donors (Lipinski definition) is 1. The van der Waals surface area contributed by atoms with Crippen molar-refractivity contribution in [2.24, 2.45) is 0 Å². The molecule has 0 aliphatic carbocycles. The highest BCUT2D eigenvalue weighted by atomic mass is 16.1. The van der Waals surface area contributed by atoms with Gasteiger partial charge in [-0.3, -0.25) is 4.79 Å². The number of rotatable bonds is 6. The molecule has 1 saturated heterocycles. The van der Waals surface area contributed by atoms with E-state index >= 15 is 0 Å². The average molecular weight is 361 g/mol. The van der Waals surface area contributed by atoms with Gasteiger partial charge in [-0.1, -0.05) is 24.3 Å². The molecule has 1 aromatic carbocycles. The van der Waals surface area contributed by atoms with E-state index < -0.39 is 0 Å². The van der Waals surface area contributed by atoms with Crippen LogP contribution in [0.4, 0.5) is 5.82 Å². The number of benzene rings is 1. The summed E-state index contributed by atoms with van der Waals surface area (Å²) in [5.41, 5.74) is 2.87. The maximum atomic E-state index is 12.2. The molecule has 6 heteroatoms. The highest BCUT2D eigenvalue weighted by Gasteiger charge is 2.13. The van der Waals surface area contributed by atoms with Crippen molar-refractivity contribution >= 4 is 11.7 Å². The van der Waals surface area contributed by atoms with Crippen LogP contribution in [0.25, 0.3) is 5.69 Å². The minimum atomic E-state index is -0.0220. The highest BCUT2D eigenvalue weighted by molar-refractivity contribution is 5.78. The Bertz CT molecular complexity index is 882. The molecule has 0 spiro atoms. The fourth-order valence-corrected chi connectivity index (χ4v) is 3.28. The first kappa shape index (κ1) is 17.3. The van der Waals surface area contributed by atoms with Crippen LogP contribution < -0.4 is 10.2 Å². The molecule has 1 aliphatic heterocycles. The first-order valence-corrected chi connectivity index (χ1v) is 9.33. The van der Waals surface area contributed by atoms with Gasteiger partial charge in [-0.15, -0.1) is 0 Å². The van der Waals surface area contributed by atoms with Crippen molar-refractivity contribution in [2.75, 3.05) is 18.0 Å². The third kappa shape index (κ3) is 4.34. The molecule has 1 fully saturated rings. The zero-order valence-electron chi connectivity index (χ0n) is 15.2. The molecule has 2 aromatic heterocycles. The molecule has 3 heterocycles.